The van der Waals surface area contributed by atoms with Crippen molar-refractivity contribution in [2.45, 2.75) is 26.3 Å². The standard InChI is InChI=1S/C14H17F2NO2/c1-14(13(18)19)5-2-6-17(9-14)8-10-7-11(15)3-4-12(10)16/h3-4,7H,2,5-6,8-9H2,1H3,(H,18,19). The minimum Gasteiger partial charge on any atom is -0.481 e. The van der Waals surface area contributed by atoms with Gasteiger partial charge in [0.25, 0.3) is 0 Å². The first-order valence-corrected chi connectivity index (χ1v) is 6.30. The van der Waals surface area contributed by atoms with E-state index in [0.717, 1.165) is 18.6 Å². The molecule has 1 N–H and O–H groups in total. The first-order chi connectivity index (χ1) is 8.90. The topological polar surface area (TPSA) is 40.5 Å². The van der Waals surface area contributed by atoms with Gasteiger partial charge in [-0.05, 0) is 44.5 Å². The van der Waals surface area contributed by atoms with Gasteiger partial charge in [-0.15, -0.1) is 0 Å². The largest absolute Gasteiger partial charge is 0.481 e. The average molecular weight is 269 g/mol. The van der Waals surface area contributed by atoms with Crippen molar-refractivity contribution in [3.05, 3.63) is 35.4 Å². The van der Waals surface area contributed by atoms with E-state index >= 15 is 0 Å². The quantitative estimate of drug-likeness (QED) is 0.917. The average Bonchev–Trinajstić information content (AvgIpc) is 2.34. The van der Waals surface area contributed by atoms with E-state index in [1.165, 1.54) is 6.07 Å². The zero-order valence-electron chi connectivity index (χ0n) is 10.8. The second kappa shape index (κ2) is 5.25. The molecule has 1 fully saturated rings. The van der Waals surface area contributed by atoms with Crippen LogP contribution in [0.1, 0.15) is 25.3 Å². The lowest BCUT2D eigenvalue weighted by molar-refractivity contribution is -0.151. The maximum absolute atomic E-state index is 13.6. The Morgan fingerprint density at radius 1 is 1.47 bits per heavy atom. The molecular formula is C14H17F2NO2. The summed E-state index contributed by atoms with van der Waals surface area (Å²) >= 11 is 0. The summed E-state index contributed by atoms with van der Waals surface area (Å²) in [5, 5.41) is 9.22. The number of halogens is 2. The number of likely N-dealkylation sites (tertiary alicyclic amines) is 1. The Morgan fingerprint density at radius 3 is 2.89 bits per heavy atom. The van der Waals surface area contributed by atoms with Crippen molar-refractivity contribution in [3.63, 3.8) is 0 Å². The SMILES string of the molecule is CC1(C(=O)O)CCCN(Cc2cc(F)ccc2F)C1. The van der Waals surface area contributed by atoms with E-state index in [1.54, 1.807) is 6.92 Å². The van der Waals surface area contributed by atoms with Crippen LogP contribution < -0.4 is 0 Å². The van der Waals surface area contributed by atoms with Gasteiger partial charge in [-0.2, -0.15) is 0 Å². The third kappa shape index (κ3) is 3.10. The van der Waals surface area contributed by atoms with Crippen LogP contribution in [0.5, 0.6) is 0 Å². The molecule has 3 nitrogen and oxygen atoms in total. The summed E-state index contributed by atoms with van der Waals surface area (Å²) in [6.07, 6.45) is 1.37. The fraction of sp³-hybridized carbons (Fsp3) is 0.500. The van der Waals surface area contributed by atoms with Gasteiger partial charge in [-0.25, -0.2) is 8.78 Å². The molecule has 1 aromatic rings. The molecule has 1 aromatic carbocycles. The van der Waals surface area contributed by atoms with Crippen molar-refractivity contribution in [1.82, 2.24) is 4.90 Å². The van der Waals surface area contributed by atoms with Gasteiger partial charge >= 0.3 is 5.97 Å². The molecule has 0 radical (unpaired) electrons. The molecule has 0 aromatic heterocycles. The fourth-order valence-electron chi connectivity index (χ4n) is 2.56. The molecule has 0 bridgehead atoms. The predicted octanol–water partition coefficient (Wildman–Crippen LogP) is 2.65. The van der Waals surface area contributed by atoms with Gasteiger partial charge in [0.1, 0.15) is 11.6 Å². The lowest BCUT2D eigenvalue weighted by Gasteiger charge is -2.37. The summed E-state index contributed by atoms with van der Waals surface area (Å²) in [4.78, 5) is 13.1. The highest BCUT2D eigenvalue weighted by Crippen LogP contribution is 2.30. The van der Waals surface area contributed by atoms with Crippen LogP contribution in [0.4, 0.5) is 8.78 Å². The first kappa shape index (κ1) is 13.9. The third-order valence-corrected chi connectivity index (χ3v) is 3.69. The van der Waals surface area contributed by atoms with Crippen LogP contribution in [-0.2, 0) is 11.3 Å². The molecule has 5 heteroatoms. The van der Waals surface area contributed by atoms with Crippen molar-refractivity contribution in [1.29, 1.82) is 0 Å². The van der Waals surface area contributed by atoms with Gasteiger partial charge in [-0.1, -0.05) is 0 Å². The van der Waals surface area contributed by atoms with Crippen molar-refractivity contribution in [2.75, 3.05) is 13.1 Å². The number of rotatable bonds is 3. The number of hydrogen-bond acceptors (Lipinski definition) is 2. The third-order valence-electron chi connectivity index (χ3n) is 3.69. The number of aliphatic carboxylic acids is 1. The molecule has 1 unspecified atom stereocenters. The molecule has 1 aliphatic rings. The summed E-state index contributed by atoms with van der Waals surface area (Å²) in [7, 11) is 0. The number of carboxylic acid groups (broad SMARTS) is 1. The summed E-state index contributed by atoms with van der Waals surface area (Å²) in [5.41, 5.74) is -0.531. The van der Waals surface area contributed by atoms with Crippen molar-refractivity contribution >= 4 is 5.97 Å². The molecule has 1 atom stereocenters. The maximum atomic E-state index is 13.6. The molecule has 0 spiro atoms. The van der Waals surface area contributed by atoms with Gasteiger partial charge in [0.2, 0.25) is 0 Å². The minimum absolute atomic E-state index is 0.243. The van der Waals surface area contributed by atoms with Gasteiger partial charge in [0.15, 0.2) is 0 Å². The molecular weight excluding hydrogens is 252 g/mol. The van der Waals surface area contributed by atoms with Crippen molar-refractivity contribution < 1.29 is 18.7 Å². The molecule has 2 rings (SSSR count). The van der Waals surface area contributed by atoms with Crippen LogP contribution in [0.2, 0.25) is 0 Å². The van der Waals surface area contributed by atoms with Crippen LogP contribution in [0.3, 0.4) is 0 Å². The Hall–Kier alpha value is -1.49. The van der Waals surface area contributed by atoms with Gasteiger partial charge in [0, 0.05) is 18.7 Å². The molecule has 0 amide bonds. The van der Waals surface area contributed by atoms with E-state index in [0.29, 0.717) is 19.5 Å². The highest BCUT2D eigenvalue weighted by atomic mass is 19.1. The van der Waals surface area contributed by atoms with Gasteiger partial charge in [-0.3, -0.25) is 9.69 Å². The number of carboxylic acids is 1. The van der Waals surface area contributed by atoms with Crippen LogP contribution in [0.15, 0.2) is 18.2 Å². The summed E-state index contributed by atoms with van der Waals surface area (Å²) in [5.74, 6) is -1.77. The Kier molecular flexibility index (Phi) is 3.85. The highest BCUT2D eigenvalue weighted by molar-refractivity contribution is 5.74. The molecule has 1 heterocycles. The highest BCUT2D eigenvalue weighted by Gasteiger charge is 2.37. The number of carbonyl (C=O) groups is 1. The van der Waals surface area contributed by atoms with E-state index in [9.17, 15) is 18.7 Å². The van der Waals surface area contributed by atoms with E-state index in [4.69, 9.17) is 0 Å². The Bertz CT molecular complexity index is 492. The lowest BCUT2D eigenvalue weighted by atomic mass is 9.82. The lowest BCUT2D eigenvalue weighted by Crippen LogP contribution is -2.45. The normalized spacial score (nSPS) is 24.4. The number of piperidine rings is 1. The number of nitrogens with zero attached hydrogens (tertiary/aromatic N) is 1. The van der Waals surface area contributed by atoms with Crippen LogP contribution in [0, 0.1) is 17.0 Å². The Balaban J connectivity index is 2.11. The van der Waals surface area contributed by atoms with E-state index in [1.807, 2.05) is 4.90 Å². The fourth-order valence-corrected chi connectivity index (χ4v) is 2.56. The predicted molar refractivity (Wildman–Crippen MR) is 66.6 cm³/mol. The molecule has 19 heavy (non-hydrogen) atoms. The van der Waals surface area contributed by atoms with Crippen molar-refractivity contribution in [2.24, 2.45) is 5.41 Å². The number of benzene rings is 1. The summed E-state index contributed by atoms with van der Waals surface area (Å²) in [6.45, 7) is 3.01. The molecule has 104 valence electrons. The monoisotopic (exact) mass is 269 g/mol. The van der Waals surface area contributed by atoms with Crippen LogP contribution >= 0.6 is 0 Å². The zero-order chi connectivity index (χ0) is 14.0. The summed E-state index contributed by atoms with van der Waals surface area (Å²) < 4.78 is 26.7. The minimum atomic E-state index is -0.836. The van der Waals surface area contributed by atoms with E-state index in [-0.39, 0.29) is 12.1 Å². The van der Waals surface area contributed by atoms with E-state index in [2.05, 4.69) is 0 Å². The van der Waals surface area contributed by atoms with Crippen LogP contribution in [-0.4, -0.2) is 29.1 Å². The number of hydrogen-bond donors (Lipinski definition) is 1. The van der Waals surface area contributed by atoms with Gasteiger partial charge < -0.3 is 5.11 Å². The smallest absolute Gasteiger partial charge is 0.310 e. The Morgan fingerprint density at radius 2 is 2.21 bits per heavy atom. The molecule has 1 aliphatic heterocycles. The molecule has 0 saturated carbocycles. The maximum Gasteiger partial charge on any atom is 0.310 e. The molecule has 0 aliphatic carbocycles. The molecule has 1 saturated heterocycles. The van der Waals surface area contributed by atoms with E-state index < -0.39 is 23.0 Å². The van der Waals surface area contributed by atoms with Crippen LogP contribution in [0.25, 0.3) is 0 Å². The van der Waals surface area contributed by atoms with Gasteiger partial charge in [0.05, 0.1) is 5.41 Å². The van der Waals surface area contributed by atoms with Crippen molar-refractivity contribution in [3.8, 4) is 0 Å². The first-order valence-electron chi connectivity index (χ1n) is 6.30. The zero-order valence-corrected chi connectivity index (χ0v) is 10.8. The Labute approximate surface area is 110 Å². The second-order valence-corrected chi connectivity index (χ2v) is 5.42. The second-order valence-electron chi connectivity index (χ2n) is 5.42. The summed E-state index contributed by atoms with van der Waals surface area (Å²) in [6, 6.07) is 3.35.